The predicted molar refractivity (Wildman–Crippen MR) is 142 cm³/mol. The van der Waals surface area contributed by atoms with Crippen LogP contribution < -0.4 is 15.0 Å². The summed E-state index contributed by atoms with van der Waals surface area (Å²) >= 11 is 0. The van der Waals surface area contributed by atoms with Crippen LogP contribution in [0.1, 0.15) is 45.7 Å². The summed E-state index contributed by atoms with van der Waals surface area (Å²) in [7, 11) is 0. The zero-order chi connectivity index (χ0) is 27.7. The van der Waals surface area contributed by atoms with E-state index < -0.39 is 29.7 Å². The average Bonchev–Trinajstić information content (AvgIpc) is 2.87. The molecule has 38 heavy (non-hydrogen) atoms. The molecule has 1 heterocycles. The van der Waals surface area contributed by atoms with Gasteiger partial charge in [0.05, 0.1) is 18.9 Å². The molecule has 1 aliphatic rings. The number of nitrogens with one attached hydrogen (secondary N) is 1. The molecule has 1 amide bonds. The summed E-state index contributed by atoms with van der Waals surface area (Å²) < 4.78 is 15.8. The first-order chi connectivity index (χ1) is 18.0. The van der Waals surface area contributed by atoms with Gasteiger partial charge in [-0.25, -0.2) is 9.59 Å². The van der Waals surface area contributed by atoms with Crippen LogP contribution in [0, 0.1) is 0 Å². The molecule has 0 radical (unpaired) electrons. The Balaban J connectivity index is 1.69. The van der Waals surface area contributed by atoms with Gasteiger partial charge in [0, 0.05) is 32.1 Å². The Bertz CT molecular complexity index is 1130. The molecule has 204 valence electrons. The molecule has 2 aromatic carbocycles. The minimum Gasteiger partial charge on any atom is -0.444 e. The Morgan fingerprint density at radius 2 is 1.63 bits per heavy atom. The summed E-state index contributed by atoms with van der Waals surface area (Å²) in [6, 6.07) is 13.4. The molecule has 0 unspecified atom stereocenters. The summed E-state index contributed by atoms with van der Waals surface area (Å²) in [5, 5.41) is 6.58. The monoisotopic (exact) mass is 525 g/mol. The molecule has 1 N–H and O–H groups in total. The molecule has 10 nitrogen and oxygen atoms in total. The van der Waals surface area contributed by atoms with Gasteiger partial charge in [-0.05, 0) is 63.1 Å². The van der Waals surface area contributed by atoms with Gasteiger partial charge in [0.15, 0.2) is 0 Å². The number of ether oxygens (including phenoxy) is 3. The summed E-state index contributed by atoms with van der Waals surface area (Å²) in [4.78, 5) is 44.0. The van der Waals surface area contributed by atoms with Crippen molar-refractivity contribution in [2.45, 2.75) is 52.7 Å². The van der Waals surface area contributed by atoms with Crippen molar-refractivity contribution in [2.75, 3.05) is 31.2 Å². The number of hydrogen-bond acceptors (Lipinski definition) is 9. The summed E-state index contributed by atoms with van der Waals surface area (Å²) in [6.07, 6.45) is -0.642. The lowest BCUT2D eigenvalue weighted by atomic mass is 10.1. The molecule has 2 aromatic rings. The normalized spacial score (nSPS) is 14.9. The van der Waals surface area contributed by atoms with E-state index in [1.165, 1.54) is 6.92 Å². The molecule has 1 aliphatic heterocycles. The van der Waals surface area contributed by atoms with Crippen molar-refractivity contribution in [3.63, 3.8) is 0 Å². The van der Waals surface area contributed by atoms with E-state index in [0.717, 1.165) is 24.3 Å². The summed E-state index contributed by atoms with van der Waals surface area (Å²) in [5.41, 5.74) is 2.36. The standard InChI is InChI=1S/C28H35N3O7/c1-19(22-8-10-23(11-9-22)31-14-16-35-17-15-31)30-38-26(33)25(29-27(34)37-28(3,4)5)18-21-6-12-24(13-7-21)36-20(2)32/h6-13,25H,14-18H2,1-5H3,(H,29,34)/b30-19+/t25-/m0/s1. The maximum Gasteiger partial charge on any atom is 0.408 e. The SMILES string of the molecule is CC(=O)Oc1ccc(C[C@H](NC(=O)OC(C)(C)C)C(=O)O/N=C(\C)c2ccc(N3CCOCC3)cc2)cc1. The van der Waals surface area contributed by atoms with Gasteiger partial charge < -0.3 is 29.3 Å². The molecule has 10 heteroatoms. The molecule has 1 atom stereocenters. The quantitative estimate of drug-likeness (QED) is 0.182. The maximum absolute atomic E-state index is 13.0. The molecular formula is C28H35N3O7. The van der Waals surface area contributed by atoms with Crippen molar-refractivity contribution < 1.29 is 33.4 Å². The summed E-state index contributed by atoms with van der Waals surface area (Å²) in [6.45, 7) is 11.3. The number of carbonyl (C=O) groups is 3. The number of amides is 1. The fraction of sp³-hybridized carbons (Fsp3) is 0.429. The number of rotatable bonds is 8. The van der Waals surface area contributed by atoms with E-state index in [-0.39, 0.29) is 6.42 Å². The van der Waals surface area contributed by atoms with Crippen LogP contribution in [0.5, 0.6) is 5.75 Å². The van der Waals surface area contributed by atoms with Gasteiger partial charge in [-0.15, -0.1) is 0 Å². The Labute approximate surface area is 222 Å². The van der Waals surface area contributed by atoms with Gasteiger partial charge in [-0.3, -0.25) is 4.79 Å². The van der Waals surface area contributed by atoms with Crippen molar-refractivity contribution >= 4 is 29.4 Å². The van der Waals surface area contributed by atoms with E-state index in [0.29, 0.717) is 30.2 Å². The number of esters is 1. The lowest BCUT2D eigenvalue weighted by molar-refractivity contribution is -0.146. The first-order valence-electron chi connectivity index (χ1n) is 12.5. The molecule has 0 bridgehead atoms. The number of alkyl carbamates (subject to hydrolysis) is 1. The molecule has 0 aliphatic carbocycles. The highest BCUT2D eigenvalue weighted by atomic mass is 16.7. The highest BCUT2D eigenvalue weighted by Crippen LogP contribution is 2.18. The minimum absolute atomic E-state index is 0.112. The van der Waals surface area contributed by atoms with Crippen LogP contribution in [0.25, 0.3) is 0 Å². The second-order valence-corrected chi connectivity index (χ2v) is 9.87. The fourth-order valence-corrected chi connectivity index (χ4v) is 3.70. The minimum atomic E-state index is -1.07. The van der Waals surface area contributed by atoms with Gasteiger partial charge in [-0.1, -0.05) is 29.4 Å². The molecule has 0 spiro atoms. The lowest BCUT2D eigenvalue weighted by Crippen LogP contribution is -2.45. The van der Waals surface area contributed by atoms with E-state index in [1.807, 2.05) is 24.3 Å². The largest absolute Gasteiger partial charge is 0.444 e. The zero-order valence-electron chi connectivity index (χ0n) is 22.5. The third-order valence-electron chi connectivity index (χ3n) is 5.53. The Morgan fingerprint density at radius 1 is 1.00 bits per heavy atom. The molecule has 3 rings (SSSR count). The molecule has 0 saturated carbocycles. The van der Waals surface area contributed by atoms with Crippen molar-refractivity contribution in [1.29, 1.82) is 0 Å². The third kappa shape index (κ3) is 9.19. The Morgan fingerprint density at radius 3 is 2.21 bits per heavy atom. The number of morpholine rings is 1. The van der Waals surface area contributed by atoms with Crippen molar-refractivity contribution in [3.8, 4) is 5.75 Å². The van der Waals surface area contributed by atoms with Gasteiger partial charge in [-0.2, -0.15) is 0 Å². The number of hydrogen-bond donors (Lipinski definition) is 1. The van der Waals surface area contributed by atoms with Gasteiger partial charge >= 0.3 is 18.0 Å². The zero-order valence-corrected chi connectivity index (χ0v) is 22.5. The molecule has 1 fully saturated rings. The van der Waals surface area contributed by atoms with Crippen molar-refractivity contribution in [3.05, 3.63) is 59.7 Å². The highest BCUT2D eigenvalue weighted by Gasteiger charge is 2.26. The van der Waals surface area contributed by atoms with Crippen LogP contribution in [0.15, 0.2) is 53.7 Å². The first kappa shape index (κ1) is 28.6. The number of nitrogens with zero attached hydrogens (tertiary/aromatic N) is 2. The topological polar surface area (TPSA) is 116 Å². The number of benzene rings is 2. The maximum atomic E-state index is 13.0. The van der Waals surface area contributed by atoms with Crippen LogP contribution in [-0.4, -0.2) is 61.7 Å². The Hall–Kier alpha value is -3.92. The first-order valence-corrected chi connectivity index (χ1v) is 12.5. The number of carbonyl (C=O) groups excluding carboxylic acids is 3. The second kappa shape index (κ2) is 13.0. The van der Waals surface area contributed by atoms with Crippen LogP contribution in [0.2, 0.25) is 0 Å². The molecular weight excluding hydrogens is 490 g/mol. The van der Waals surface area contributed by atoms with Crippen molar-refractivity contribution in [2.24, 2.45) is 5.16 Å². The lowest BCUT2D eigenvalue weighted by Gasteiger charge is -2.28. The van der Waals surface area contributed by atoms with E-state index in [4.69, 9.17) is 19.0 Å². The number of anilines is 1. The number of oxime groups is 1. The van der Waals surface area contributed by atoms with Crippen LogP contribution >= 0.6 is 0 Å². The van der Waals surface area contributed by atoms with Crippen LogP contribution in [0.4, 0.5) is 10.5 Å². The highest BCUT2D eigenvalue weighted by molar-refractivity contribution is 5.99. The third-order valence-corrected chi connectivity index (χ3v) is 5.53. The Kier molecular flexibility index (Phi) is 9.84. The van der Waals surface area contributed by atoms with Crippen LogP contribution in [0.3, 0.4) is 0 Å². The smallest absolute Gasteiger partial charge is 0.408 e. The van der Waals surface area contributed by atoms with Gasteiger partial charge in [0.25, 0.3) is 0 Å². The molecule has 1 saturated heterocycles. The van der Waals surface area contributed by atoms with Crippen LogP contribution in [-0.2, 0) is 30.3 Å². The predicted octanol–water partition coefficient (Wildman–Crippen LogP) is 3.85. The van der Waals surface area contributed by atoms with Crippen molar-refractivity contribution in [1.82, 2.24) is 5.32 Å². The van der Waals surface area contributed by atoms with E-state index in [9.17, 15) is 14.4 Å². The summed E-state index contributed by atoms with van der Waals surface area (Å²) in [5.74, 6) is -0.806. The van der Waals surface area contributed by atoms with Gasteiger partial charge in [0.2, 0.25) is 0 Å². The van der Waals surface area contributed by atoms with Gasteiger partial charge in [0.1, 0.15) is 17.4 Å². The van der Waals surface area contributed by atoms with E-state index in [2.05, 4.69) is 15.4 Å². The van der Waals surface area contributed by atoms with E-state index in [1.54, 1.807) is 52.0 Å². The van der Waals surface area contributed by atoms with E-state index >= 15 is 0 Å². The average molecular weight is 526 g/mol. The molecule has 0 aromatic heterocycles. The second-order valence-electron chi connectivity index (χ2n) is 9.87. The fourth-order valence-electron chi connectivity index (χ4n) is 3.70.